The molecule has 1 aliphatic rings. The summed E-state index contributed by atoms with van der Waals surface area (Å²) in [5.41, 5.74) is 0. The van der Waals surface area contributed by atoms with Crippen LogP contribution in [0.1, 0.15) is 26.2 Å². The molecule has 0 radical (unpaired) electrons. The van der Waals surface area contributed by atoms with Crippen molar-refractivity contribution in [1.82, 2.24) is 10.2 Å². The van der Waals surface area contributed by atoms with Crippen LogP contribution in [0.5, 0.6) is 0 Å². The van der Waals surface area contributed by atoms with E-state index < -0.39 is 17.9 Å². The minimum atomic E-state index is -1.22. The fourth-order valence-corrected chi connectivity index (χ4v) is 1.89. The van der Waals surface area contributed by atoms with Crippen molar-refractivity contribution in [2.75, 3.05) is 6.54 Å². The van der Waals surface area contributed by atoms with Gasteiger partial charge < -0.3 is 10.0 Å². The smallest absolute Gasteiger partial charge is 0.328 e. The third kappa shape index (κ3) is 3.90. The third-order valence-electron chi connectivity index (χ3n) is 2.72. The van der Waals surface area contributed by atoms with Gasteiger partial charge in [-0.25, -0.2) is 9.59 Å². The Hall–Kier alpha value is -1.85. The van der Waals surface area contributed by atoms with Crippen molar-refractivity contribution >= 4 is 17.9 Å². The number of carboxylic acid groups (broad SMARTS) is 1. The number of rotatable bonds is 3. The first-order chi connectivity index (χ1) is 8.04. The second kappa shape index (κ2) is 6.03. The van der Waals surface area contributed by atoms with Gasteiger partial charge in [-0.3, -0.25) is 10.1 Å². The predicted molar refractivity (Wildman–Crippen MR) is 60.3 cm³/mol. The Labute approximate surface area is 99.3 Å². The largest absolute Gasteiger partial charge is 0.478 e. The molecule has 0 aromatic carbocycles. The number of aliphatic carboxylic acids is 1. The molecule has 0 bridgehead atoms. The Balaban J connectivity index is 2.48. The van der Waals surface area contributed by atoms with Gasteiger partial charge in [0.15, 0.2) is 0 Å². The minimum Gasteiger partial charge on any atom is -0.478 e. The van der Waals surface area contributed by atoms with Crippen LogP contribution in [0.25, 0.3) is 0 Å². The molecule has 0 spiro atoms. The highest BCUT2D eigenvalue weighted by Crippen LogP contribution is 2.19. The van der Waals surface area contributed by atoms with Gasteiger partial charge in [0, 0.05) is 24.7 Å². The summed E-state index contributed by atoms with van der Waals surface area (Å²) in [5.74, 6) is -1.93. The van der Waals surface area contributed by atoms with Gasteiger partial charge in [0.2, 0.25) is 0 Å². The number of carbonyl (C=O) groups is 3. The fraction of sp³-hybridized carbons (Fsp3) is 0.545. The Bertz CT molecular complexity index is 351. The molecule has 1 saturated heterocycles. The van der Waals surface area contributed by atoms with Crippen molar-refractivity contribution < 1.29 is 19.5 Å². The van der Waals surface area contributed by atoms with Gasteiger partial charge in [-0.1, -0.05) is 6.92 Å². The Morgan fingerprint density at radius 1 is 1.41 bits per heavy atom. The second-order valence-corrected chi connectivity index (χ2v) is 3.86. The van der Waals surface area contributed by atoms with E-state index in [-0.39, 0.29) is 6.04 Å². The van der Waals surface area contributed by atoms with Gasteiger partial charge >= 0.3 is 12.0 Å². The normalized spacial score (nSPS) is 19.6. The maximum atomic E-state index is 11.7. The first-order valence-corrected chi connectivity index (χ1v) is 5.57. The summed E-state index contributed by atoms with van der Waals surface area (Å²) in [6.07, 6.45) is 4.27. The number of hydrogen-bond acceptors (Lipinski definition) is 3. The summed E-state index contributed by atoms with van der Waals surface area (Å²) in [6.45, 7) is 2.63. The number of nitrogens with zero attached hydrogens (tertiary/aromatic N) is 1. The average molecular weight is 240 g/mol. The maximum Gasteiger partial charge on any atom is 0.328 e. The number of hydrogen-bond donors (Lipinski definition) is 2. The summed E-state index contributed by atoms with van der Waals surface area (Å²) in [7, 11) is 0. The molecule has 0 aliphatic carbocycles. The van der Waals surface area contributed by atoms with Crippen molar-refractivity contribution in [2.45, 2.75) is 32.2 Å². The quantitative estimate of drug-likeness (QED) is 0.712. The lowest BCUT2D eigenvalue weighted by Crippen LogP contribution is -2.44. The summed E-state index contributed by atoms with van der Waals surface area (Å²) in [6, 6.07) is -0.277. The molecule has 3 amide bonds. The van der Waals surface area contributed by atoms with Crippen molar-refractivity contribution in [1.29, 1.82) is 0 Å². The van der Waals surface area contributed by atoms with Crippen LogP contribution >= 0.6 is 0 Å². The molecule has 0 aromatic heterocycles. The Kier molecular flexibility index (Phi) is 4.68. The summed E-state index contributed by atoms with van der Waals surface area (Å²) >= 11 is 0. The molecule has 1 aliphatic heterocycles. The van der Waals surface area contributed by atoms with Crippen LogP contribution < -0.4 is 5.32 Å². The van der Waals surface area contributed by atoms with Gasteiger partial charge in [0.25, 0.3) is 5.91 Å². The molecule has 0 aromatic rings. The van der Waals surface area contributed by atoms with E-state index in [2.05, 4.69) is 5.32 Å². The van der Waals surface area contributed by atoms with E-state index in [1.165, 1.54) is 0 Å². The molecule has 0 saturated carbocycles. The van der Waals surface area contributed by atoms with Crippen LogP contribution in [-0.2, 0) is 9.59 Å². The SMILES string of the molecule is CCC1CCCN1C(=O)NC(=O)/C=C/C(=O)O. The van der Waals surface area contributed by atoms with Crippen molar-refractivity contribution in [2.24, 2.45) is 0 Å². The fourth-order valence-electron chi connectivity index (χ4n) is 1.89. The van der Waals surface area contributed by atoms with Crippen molar-refractivity contribution in [3.63, 3.8) is 0 Å². The van der Waals surface area contributed by atoms with Gasteiger partial charge in [-0.15, -0.1) is 0 Å². The molecule has 2 N–H and O–H groups in total. The number of carboxylic acids is 1. The van der Waals surface area contributed by atoms with E-state index in [1.54, 1.807) is 4.90 Å². The predicted octanol–water partition coefficient (Wildman–Crippen LogP) is 0.738. The van der Waals surface area contributed by atoms with Crippen LogP contribution in [0, 0.1) is 0 Å². The number of likely N-dealkylation sites (tertiary alicyclic amines) is 1. The number of nitrogens with one attached hydrogen (secondary N) is 1. The minimum absolute atomic E-state index is 0.172. The number of carbonyl (C=O) groups excluding carboxylic acids is 2. The van der Waals surface area contributed by atoms with Crippen LogP contribution in [0.4, 0.5) is 4.79 Å². The van der Waals surface area contributed by atoms with Crippen molar-refractivity contribution in [3.8, 4) is 0 Å². The van der Waals surface area contributed by atoms with Gasteiger partial charge in [-0.2, -0.15) is 0 Å². The van der Waals surface area contributed by atoms with E-state index in [0.717, 1.165) is 25.3 Å². The number of imide groups is 1. The van der Waals surface area contributed by atoms with Crippen LogP contribution in [0.3, 0.4) is 0 Å². The Morgan fingerprint density at radius 3 is 2.71 bits per heavy atom. The molecule has 6 nitrogen and oxygen atoms in total. The molecule has 94 valence electrons. The first-order valence-electron chi connectivity index (χ1n) is 5.57. The summed E-state index contributed by atoms with van der Waals surface area (Å²) in [5, 5.41) is 10.5. The van der Waals surface area contributed by atoms with E-state index >= 15 is 0 Å². The van der Waals surface area contributed by atoms with Crippen LogP contribution in [-0.4, -0.2) is 40.5 Å². The number of urea groups is 1. The molecule has 6 heteroatoms. The highest BCUT2D eigenvalue weighted by molar-refractivity contribution is 6.02. The Morgan fingerprint density at radius 2 is 2.12 bits per heavy atom. The zero-order valence-corrected chi connectivity index (χ0v) is 9.68. The average Bonchev–Trinajstić information content (AvgIpc) is 2.74. The van der Waals surface area contributed by atoms with Gasteiger partial charge in [0.05, 0.1) is 0 Å². The van der Waals surface area contributed by atoms with Crippen LogP contribution in [0.15, 0.2) is 12.2 Å². The molecule has 17 heavy (non-hydrogen) atoms. The lowest BCUT2D eigenvalue weighted by Gasteiger charge is -2.22. The maximum absolute atomic E-state index is 11.7. The monoisotopic (exact) mass is 240 g/mol. The zero-order valence-electron chi connectivity index (χ0n) is 9.68. The lowest BCUT2D eigenvalue weighted by atomic mass is 10.2. The summed E-state index contributed by atoms with van der Waals surface area (Å²) in [4.78, 5) is 34.7. The second-order valence-electron chi connectivity index (χ2n) is 3.86. The van der Waals surface area contributed by atoms with Crippen LogP contribution in [0.2, 0.25) is 0 Å². The number of amides is 3. The molecular formula is C11H16N2O4. The lowest BCUT2D eigenvalue weighted by molar-refractivity contribution is -0.131. The summed E-state index contributed by atoms with van der Waals surface area (Å²) < 4.78 is 0. The van der Waals surface area contributed by atoms with E-state index in [4.69, 9.17) is 5.11 Å². The molecule has 1 fully saturated rings. The third-order valence-corrected chi connectivity index (χ3v) is 2.72. The topological polar surface area (TPSA) is 86.7 Å². The zero-order chi connectivity index (χ0) is 12.8. The molecule has 1 unspecified atom stereocenters. The van der Waals surface area contributed by atoms with E-state index in [9.17, 15) is 14.4 Å². The molecule has 1 atom stereocenters. The molecular weight excluding hydrogens is 224 g/mol. The highest BCUT2D eigenvalue weighted by Gasteiger charge is 2.27. The molecule has 1 heterocycles. The van der Waals surface area contributed by atoms with Gasteiger partial charge in [-0.05, 0) is 19.3 Å². The van der Waals surface area contributed by atoms with Gasteiger partial charge in [0.1, 0.15) is 0 Å². The molecule has 1 rings (SSSR count). The standard InChI is InChI=1S/C11H16N2O4/c1-2-8-4-3-7-13(8)11(17)12-9(14)5-6-10(15)16/h5-6,8H,2-4,7H2,1H3,(H,15,16)(H,12,14,17)/b6-5+. The van der Waals surface area contributed by atoms with Crippen molar-refractivity contribution in [3.05, 3.63) is 12.2 Å². The highest BCUT2D eigenvalue weighted by atomic mass is 16.4. The van der Waals surface area contributed by atoms with E-state index in [0.29, 0.717) is 12.6 Å². The first kappa shape index (κ1) is 13.2. The van der Waals surface area contributed by atoms with E-state index in [1.807, 2.05) is 6.92 Å².